The molecule has 0 saturated carbocycles. The Labute approximate surface area is 128 Å². The molecule has 1 aromatic heterocycles. The van der Waals surface area contributed by atoms with Gasteiger partial charge in [-0.3, -0.25) is 14.8 Å². The van der Waals surface area contributed by atoms with E-state index in [1.165, 1.54) is 6.21 Å². The maximum atomic E-state index is 12.1. The number of aromatic nitrogens is 1. The van der Waals surface area contributed by atoms with E-state index in [0.29, 0.717) is 24.1 Å². The normalized spacial score (nSPS) is 18.9. The number of aliphatic hydroxyl groups excluding tert-OH is 1. The van der Waals surface area contributed by atoms with Gasteiger partial charge in [0.1, 0.15) is 5.76 Å². The summed E-state index contributed by atoms with van der Waals surface area (Å²) >= 11 is 0. The Morgan fingerprint density at radius 2 is 2.00 bits per heavy atom. The highest BCUT2D eigenvalue weighted by atomic mass is 16.3. The number of carbonyl (C=O) groups excluding carboxylic acids is 1. The van der Waals surface area contributed by atoms with Crippen molar-refractivity contribution in [1.82, 2.24) is 4.98 Å². The van der Waals surface area contributed by atoms with Crippen LogP contribution in [0.2, 0.25) is 0 Å². The monoisotopic (exact) mass is 292 g/mol. The average molecular weight is 292 g/mol. The number of hydrogen-bond donors (Lipinski definition) is 1. The van der Waals surface area contributed by atoms with E-state index < -0.39 is 0 Å². The van der Waals surface area contributed by atoms with Crippen LogP contribution in [0.15, 0.2) is 71.2 Å². The van der Waals surface area contributed by atoms with E-state index in [0.717, 1.165) is 5.56 Å². The molecule has 1 aromatic carbocycles. The quantitative estimate of drug-likeness (QED) is 0.876. The van der Waals surface area contributed by atoms with E-state index in [2.05, 4.69) is 9.98 Å². The lowest BCUT2D eigenvalue weighted by molar-refractivity contribution is -0.115. The first-order chi connectivity index (χ1) is 10.8. The van der Waals surface area contributed by atoms with Crippen LogP contribution in [0.4, 0.5) is 5.69 Å². The molecule has 4 nitrogen and oxygen atoms in total. The van der Waals surface area contributed by atoms with Gasteiger partial charge in [0.05, 0.1) is 17.5 Å². The Bertz CT molecular complexity index is 721. The first-order valence-corrected chi connectivity index (χ1v) is 7.21. The van der Waals surface area contributed by atoms with Crippen LogP contribution >= 0.6 is 0 Å². The molecule has 1 aliphatic rings. The molecule has 0 bridgehead atoms. The van der Waals surface area contributed by atoms with Crippen molar-refractivity contribution < 1.29 is 9.90 Å². The third-order valence-electron chi connectivity index (χ3n) is 3.76. The maximum Gasteiger partial charge on any atom is 0.167 e. The molecule has 3 rings (SSSR count). The molecule has 22 heavy (non-hydrogen) atoms. The predicted octanol–water partition coefficient (Wildman–Crippen LogP) is 3.74. The SMILES string of the molecule is O=C1CCC(c2ccccc2)C(O)=C1C=Nc1cccnc1. The van der Waals surface area contributed by atoms with Crippen molar-refractivity contribution in [1.29, 1.82) is 0 Å². The number of rotatable bonds is 3. The highest BCUT2D eigenvalue weighted by Gasteiger charge is 2.28. The summed E-state index contributed by atoms with van der Waals surface area (Å²) in [7, 11) is 0. The van der Waals surface area contributed by atoms with Crippen molar-refractivity contribution in [2.45, 2.75) is 18.8 Å². The van der Waals surface area contributed by atoms with Gasteiger partial charge in [-0.2, -0.15) is 0 Å². The third kappa shape index (κ3) is 2.96. The van der Waals surface area contributed by atoms with Gasteiger partial charge in [0, 0.05) is 24.8 Å². The molecule has 0 saturated heterocycles. The summed E-state index contributed by atoms with van der Waals surface area (Å²) in [5, 5.41) is 10.5. The molecule has 1 unspecified atom stereocenters. The standard InChI is InChI=1S/C18H16N2O2/c21-17-9-8-15(13-5-2-1-3-6-13)18(22)16(17)12-20-14-7-4-10-19-11-14/h1-7,10-12,15,22H,8-9H2. The minimum absolute atomic E-state index is 0.0719. The highest BCUT2D eigenvalue weighted by Crippen LogP contribution is 2.34. The summed E-state index contributed by atoms with van der Waals surface area (Å²) < 4.78 is 0. The number of ketones is 1. The lowest BCUT2D eigenvalue weighted by atomic mass is 9.83. The van der Waals surface area contributed by atoms with E-state index >= 15 is 0 Å². The van der Waals surface area contributed by atoms with E-state index in [1.54, 1.807) is 24.5 Å². The van der Waals surface area contributed by atoms with E-state index in [1.807, 2.05) is 30.3 Å². The minimum atomic E-state index is -0.144. The predicted molar refractivity (Wildman–Crippen MR) is 85.5 cm³/mol. The molecule has 4 heteroatoms. The van der Waals surface area contributed by atoms with Gasteiger partial charge in [0.2, 0.25) is 0 Å². The second kappa shape index (κ2) is 6.35. The third-order valence-corrected chi connectivity index (χ3v) is 3.76. The topological polar surface area (TPSA) is 62.5 Å². The number of nitrogens with zero attached hydrogens (tertiary/aromatic N) is 2. The van der Waals surface area contributed by atoms with Crippen LogP contribution in [-0.2, 0) is 4.79 Å². The number of aliphatic hydroxyl groups is 1. The lowest BCUT2D eigenvalue weighted by Gasteiger charge is -2.22. The van der Waals surface area contributed by atoms with Crippen molar-refractivity contribution >= 4 is 17.7 Å². The number of hydrogen-bond acceptors (Lipinski definition) is 4. The second-order valence-electron chi connectivity index (χ2n) is 5.19. The van der Waals surface area contributed by atoms with Crippen molar-refractivity contribution in [3.8, 4) is 0 Å². The first-order valence-electron chi connectivity index (χ1n) is 7.21. The Kier molecular flexibility index (Phi) is 4.10. The van der Waals surface area contributed by atoms with Gasteiger partial charge in [-0.1, -0.05) is 30.3 Å². The molecule has 1 heterocycles. The molecule has 1 aliphatic carbocycles. The Morgan fingerprint density at radius 3 is 2.73 bits per heavy atom. The number of aliphatic imine (C=N–C) groups is 1. The van der Waals surface area contributed by atoms with Gasteiger partial charge in [-0.05, 0) is 24.1 Å². The van der Waals surface area contributed by atoms with Crippen molar-refractivity contribution in [3.05, 3.63) is 71.8 Å². The van der Waals surface area contributed by atoms with E-state index in [4.69, 9.17) is 0 Å². The molecule has 1 atom stereocenters. The van der Waals surface area contributed by atoms with E-state index in [-0.39, 0.29) is 17.5 Å². The van der Waals surface area contributed by atoms with Crippen molar-refractivity contribution in [2.24, 2.45) is 4.99 Å². The highest BCUT2D eigenvalue weighted by molar-refractivity contribution is 6.14. The van der Waals surface area contributed by atoms with Crippen LogP contribution < -0.4 is 0 Å². The van der Waals surface area contributed by atoms with Crippen molar-refractivity contribution in [2.75, 3.05) is 0 Å². The van der Waals surface area contributed by atoms with Gasteiger partial charge in [0.25, 0.3) is 0 Å². The minimum Gasteiger partial charge on any atom is -0.511 e. The molecule has 1 N–H and O–H groups in total. The Hall–Kier alpha value is -2.75. The molecular weight excluding hydrogens is 276 g/mol. The van der Waals surface area contributed by atoms with Crippen LogP contribution in [0.25, 0.3) is 0 Å². The number of allylic oxidation sites excluding steroid dienone is 2. The summed E-state index contributed by atoms with van der Waals surface area (Å²) in [6.45, 7) is 0. The van der Waals surface area contributed by atoms with Gasteiger partial charge in [-0.15, -0.1) is 0 Å². The maximum absolute atomic E-state index is 12.1. The summed E-state index contributed by atoms with van der Waals surface area (Å²) in [4.78, 5) is 20.3. The molecule has 0 radical (unpaired) electrons. The molecule has 0 aliphatic heterocycles. The number of Topliss-reactive ketones (excluding diaryl/α,β-unsaturated/α-hetero) is 1. The average Bonchev–Trinajstić information content (AvgIpc) is 2.56. The number of pyridine rings is 1. The van der Waals surface area contributed by atoms with Crippen LogP contribution in [0.3, 0.4) is 0 Å². The fourth-order valence-corrected chi connectivity index (χ4v) is 2.59. The summed E-state index contributed by atoms with van der Waals surface area (Å²) in [5.74, 6) is -0.110. The first kappa shape index (κ1) is 14.2. The van der Waals surface area contributed by atoms with Gasteiger partial charge >= 0.3 is 0 Å². The molecule has 0 spiro atoms. The number of benzene rings is 1. The smallest absolute Gasteiger partial charge is 0.167 e. The summed E-state index contributed by atoms with van der Waals surface area (Å²) in [6.07, 6.45) is 5.75. The molecule has 0 amide bonds. The Morgan fingerprint density at radius 1 is 1.18 bits per heavy atom. The fourth-order valence-electron chi connectivity index (χ4n) is 2.59. The molecule has 0 fully saturated rings. The van der Waals surface area contributed by atoms with Gasteiger partial charge in [0.15, 0.2) is 5.78 Å². The van der Waals surface area contributed by atoms with E-state index in [9.17, 15) is 9.90 Å². The molecular formula is C18H16N2O2. The van der Waals surface area contributed by atoms with Crippen LogP contribution in [-0.4, -0.2) is 22.1 Å². The second-order valence-corrected chi connectivity index (χ2v) is 5.19. The zero-order valence-corrected chi connectivity index (χ0v) is 12.0. The number of carbonyl (C=O) groups is 1. The molecule has 110 valence electrons. The fraction of sp³-hybridized carbons (Fsp3) is 0.167. The van der Waals surface area contributed by atoms with Gasteiger partial charge < -0.3 is 5.11 Å². The zero-order chi connectivity index (χ0) is 15.4. The lowest BCUT2D eigenvalue weighted by Crippen LogP contribution is -2.19. The van der Waals surface area contributed by atoms with Crippen LogP contribution in [0, 0.1) is 0 Å². The summed E-state index contributed by atoms with van der Waals surface area (Å²) in [6, 6.07) is 13.3. The summed E-state index contributed by atoms with van der Waals surface area (Å²) in [5.41, 5.74) is 1.96. The van der Waals surface area contributed by atoms with Crippen LogP contribution in [0.5, 0.6) is 0 Å². The Balaban J connectivity index is 1.93. The van der Waals surface area contributed by atoms with Gasteiger partial charge in [-0.25, -0.2) is 0 Å². The van der Waals surface area contributed by atoms with Crippen LogP contribution in [0.1, 0.15) is 24.3 Å². The zero-order valence-electron chi connectivity index (χ0n) is 12.0. The van der Waals surface area contributed by atoms with Crippen molar-refractivity contribution in [3.63, 3.8) is 0 Å². The molecule has 2 aromatic rings. The largest absolute Gasteiger partial charge is 0.511 e.